The molecular weight excluding hydrogens is 460 g/mol. The topological polar surface area (TPSA) is 115 Å². The Balaban J connectivity index is 1.53. The molecule has 33 heavy (non-hydrogen) atoms. The van der Waals surface area contributed by atoms with Gasteiger partial charge in [-0.25, -0.2) is 4.98 Å². The Kier molecular flexibility index (Phi) is 6.95. The average Bonchev–Trinajstić information content (AvgIpc) is 3.41. The molecule has 1 saturated heterocycles. The van der Waals surface area contributed by atoms with Crippen molar-refractivity contribution in [2.45, 2.75) is 10.8 Å². The van der Waals surface area contributed by atoms with Gasteiger partial charge in [-0.1, -0.05) is 59.5 Å². The Morgan fingerprint density at radius 3 is 2.76 bits per heavy atom. The standard InChI is InChI=1S/C23H22N4O4S2/c1-31-17-9-5-8-16(11-17)27-12-15(10-19(27)29)21(30)26-22-20(14-6-3-2-4-7-14)25-23(33-22)32-13-18(24)28/h2-9,11,15H,10,12-13H2,1H3,(H2,24,28)(H,26,30). The van der Waals surface area contributed by atoms with Gasteiger partial charge in [0.05, 0.1) is 18.8 Å². The molecule has 3 N–H and O–H groups in total. The van der Waals surface area contributed by atoms with Crippen LogP contribution in [0.4, 0.5) is 10.7 Å². The predicted octanol–water partition coefficient (Wildman–Crippen LogP) is 3.39. The van der Waals surface area contributed by atoms with E-state index < -0.39 is 11.8 Å². The maximum Gasteiger partial charge on any atom is 0.230 e. The lowest BCUT2D eigenvalue weighted by atomic mass is 10.1. The number of carbonyl (C=O) groups is 3. The molecule has 4 rings (SSSR count). The maximum atomic E-state index is 13.1. The highest BCUT2D eigenvalue weighted by molar-refractivity contribution is 8.01. The van der Waals surface area contributed by atoms with E-state index in [2.05, 4.69) is 10.3 Å². The van der Waals surface area contributed by atoms with Crippen LogP contribution in [0.3, 0.4) is 0 Å². The number of anilines is 2. The van der Waals surface area contributed by atoms with Crippen molar-refractivity contribution in [2.75, 3.05) is 29.6 Å². The number of methoxy groups -OCH3 is 1. The zero-order valence-corrected chi connectivity index (χ0v) is 19.4. The van der Waals surface area contributed by atoms with Gasteiger partial charge < -0.3 is 20.7 Å². The molecule has 2 heterocycles. The monoisotopic (exact) mass is 482 g/mol. The molecule has 0 bridgehead atoms. The van der Waals surface area contributed by atoms with Gasteiger partial charge in [0.2, 0.25) is 17.7 Å². The number of amides is 3. The second kappa shape index (κ2) is 10.1. The lowest BCUT2D eigenvalue weighted by Gasteiger charge is -2.17. The lowest BCUT2D eigenvalue weighted by molar-refractivity contribution is -0.122. The first-order valence-corrected chi connectivity index (χ1v) is 12.0. The van der Waals surface area contributed by atoms with Gasteiger partial charge in [0.15, 0.2) is 4.34 Å². The first kappa shape index (κ1) is 22.8. The van der Waals surface area contributed by atoms with Crippen LogP contribution in [0.15, 0.2) is 58.9 Å². The molecule has 1 aliphatic heterocycles. The largest absolute Gasteiger partial charge is 0.497 e. The molecule has 8 nitrogen and oxygen atoms in total. The molecule has 0 saturated carbocycles. The number of nitrogens with one attached hydrogen (secondary N) is 1. The number of thioether (sulfide) groups is 1. The van der Waals surface area contributed by atoms with Crippen LogP contribution < -0.4 is 20.7 Å². The number of nitrogens with zero attached hydrogens (tertiary/aromatic N) is 2. The minimum atomic E-state index is -0.504. The molecule has 1 unspecified atom stereocenters. The maximum absolute atomic E-state index is 13.1. The average molecular weight is 483 g/mol. The summed E-state index contributed by atoms with van der Waals surface area (Å²) in [6, 6.07) is 16.7. The Labute approximate surface area is 199 Å². The fourth-order valence-electron chi connectivity index (χ4n) is 3.50. The van der Waals surface area contributed by atoms with Crippen LogP contribution in [-0.4, -0.2) is 42.1 Å². The van der Waals surface area contributed by atoms with Gasteiger partial charge in [-0.15, -0.1) is 0 Å². The molecule has 1 atom stereocenters. The molecule has 0 spiro atoms. The molecule has 3 aromatic rings. The van der Waals surface area contributed by atoms with Crippen LogP contribution in [0.5, 0.6) is 5.75 Å². The number of thiazole rings is 1. The molecular formula is C23H22N4O4S2. The molecule has 2 aromatic carbocycles. The van der Waals surface area contributed by atoms with E-state index in [-0.39, 0.29) is 30.5 Å². The quantitative estimate of drug-likeness (QED) is 0.476. The zero-order valence-electron chi connectivity index (χ0n) is 17.8. The van der Waals surface area contributed by atoms with Crippen LogP contribution in [0.25, 0.3) is 11.3 Å². The minimum absolute atomic E-state index is 0.0990. The van der Waals surface area contributed by atoms with Crippen molar-refractivity contribution in [3.8, 4) is 17.0 Å². The zero-order chi connectivity index (χ0) is 23.4. The third-order valence-corrected chi connectivity index (χ3v) is 7.23. The fraction of sp³-hybridized carbons (Fsp3) is 0.217. The summed E-state index contributed by atoms with van der Waals surface area (Å²) in [4.78, 5) is 43.1. The number of hydrogen-bond acceptors (Lipinski definition) is 7. The summed E-state index contributed by atoms with van der Waals surface area (Å²) in [5.74, 6) is -0.566. The van der Waals surface area contributed by atoms with E-state index in [9.17, 15) is 14.4 Å². The Hall–Kier alpha value is -3.37. The number of ether oxygens (including phenoxy) is 1. The fourth-order valence-corrected chi connectivity index (χ4v) is 5.30. The van der Waals surface area contributed by atoms with Gasteiger partial charge >= 0.3 is 0 Å². The SMILES string of the molecule is COc1cccc(N2CC(C(=O)Nc3sc(SCC(N)=O)nc3-c3ccccc3)CC2=O)c1. The van der Waals surface area contributed by atoms with Crippen LogP contribution >= 0.6 is 23.1 Å². The van der Waals surface area contributed by atoms with Gasteiger partial charge in [0, 0.05) is 30.3 Å². The summed E-state index contributed by atoms with van der Waals surface area (Å²) >= 11 is 2.51. The van der Waals surface area contributed by atoms with Crippen LogP contribution in [-0.2, 0) is 14.4 Å². The Morgan fingerprint density at radius 1 is 1.24 bits per heavy atom. The van der Waals surface area contributed by atoms with Gasteiger partial charge in [-0.3, -0.25) is 14.4 Å². The van der Waals surface area contributed by atoms with Gasteiger partial charge in [-0.2, -0.15) is 0 Å². The normalized spacial score (nSPS) is 15.5. The summed E-state index contributed by atoms with van der Waals surface area (Å²) in [6.07, 6.45) is 0.117. The van der Waals surface area contributed by atoms with E-state index in [1.54, 1.807) is 24.1 Å². The molecule has 1 fully saturated rings. The smallest absolute Gasteiger partial charge is 0.230 e. The summed E-state index contributed by atoms with van der Waals surface area (Å²) < 4.78 is 5.87. The lowest BCUT2D eigenvalue weighted by Crippen LogP contribution is -2.28. The van der Waals surface area contributed by atoms with Crippen LogP contribution in [0.1, 0.15) is 6.42 Å². The number of nitrogens with two attached hydrogens (primary N) is 1. The summed E-state index contributed by atoms with van der Waals surface area (Å²) in [7, 11) is 1.57. The van der Waals surface area contributed by atoms with Crippen LogP contribution in [0, 0.1) is 5.92 Å². The first-order chi connectivity index (χ1) is 15.9. The minimum Gasteiger partial charge on any atom is -0.497 e. The summed E-state index contributed by atoms with van der Waals surface area (Å²) in [6.45, 7) is 0.278. The molecule has 170 valence electrons. The highest BCUT2D eigenvalue weighted by atomic mass is 32.2. The van der Waals surface area contributed by atoms with Crippen molar-refractivity contribution in [3.05, 3.63) is 54.6 Å². The molecule has 0 radical (unpaired) electrons. The number of rotatable bonds is 8. The van der Waals surface area contributed by atoms with E-state index in [0.29, 0.717) is 26.5 Å². The first-order valence-electron chi connectivity index (χ1n) is 10.2. The third kappa shape index (κ3) is 5.35. The molecule has 0 aliphatic carbocycles. The Bertz CT molecular complexity index is 1180. The molecule has 1 aromatic heterocycles. The van der Waals surface area contributed by atoms with E-state index in [0.717, 1.165) is 5.56 Å². The summed E-state index contributed by atoms with van der Waals surface area (Å²) in [5, 5.41) is 3.53. The number of aromatic nitrogens is 1. The highest BCUT2D eigenvalue weighted by Gasteiger charge is 2.36. The van der Waals surface area contributed by atoms with E-state index in [4.69, 9.17) is 10.5 Å². The molecule has 10 heteroatoms. The Morgan fingerprint density at radius 2 is 2.03 bits per heavy atom. The van der Waals surface area contributed by atoms with E-state index in [1.807, 2.05) is 42.5 Å². The van der Waals surface area contributed by atoms with E-state index in [1.165, 1.54) is 23.1 Å². The van der Waals surface area contributed by atoms with Crippen molar-refractivity contribution in [1.82, 2.24) is 4.98 Å². The van der Waals surface area contributed by atoms with Gasteiger partial charge in [0.25, 0.3) is 0 Å². The van der Waals surface area contributed by atoms with Gasteiger partial charge in [0.1, 0.15) is 16.4 Å². The van der Waals surface area contributed by atoms with Crippen molar-refractivity contribution >= 4 is 51.5 Å². The number of carbonyl (C=O) groups excluding carboxylic acids is 3. The van der Waals surface area contributed by atoms with Crippen molar-refractivity contribution in [3.63, 3.8) is 0 Å². The molecule has 1 aliphatic rings. The third-order valence-electron chi connectivity index (χ3n) is 5.09. The second-order valence-corrected chi connectivity index (χ2v) is 9.60. The van der Waals surface area contributed by atoms with Crippen molar-refractivity contribution in [2.24, 2.45) is 11.7 Å². The van der Waals surface area contributed by atoms with E-state index >= 15 is 0 Å². The van der Waals surface area contributed by atoms with Crippen molar-refractivity contribution < 1.29 is 19.1 Å². The second-order valence-electron chi connectivity index (χ2n) is 7.37. The number of primary amides is 1. The predicted molar refractivity (Wildman–Crippen MR) is 130 cm³/mol. The summed E-state index contributed by atoms with van der Waals surface area (Å²) in [5.41, 5.74) is 7.41. The van der Waals surface area contributed by atoms with Crippen molar-refractivity contribution in [1.29, 1.82) is 0 Å². The molecule has 3 amide bonds. The highest BCUT2D eigenvalue weighted by Crippen LogP contribution is 2.38. The number of hydrogen-bond donors (Lipinski definition) is 2. The van der Waals surface area contributed by atoms with Crippen LogP contribution in [0.2, 0.25) is 0 Å². The number of benzene rings is 2. The van der Waals surface area contributed by atoms with Gasteiger partial charge in [-0.05, 0) is 12.1 Å².